The number of esters is 1. The maximum absolute atomic E-state index is 12.4. The van der Waals surface area contributed by atoms with Gasteiger partial charge in [0, 0.05) is 8.47 Å². The van der Waals surface area contributed by atoms with Crippen molar-refractivity contribution in [1.29, 1.82) is 5.26 Å². The van der Waals surface area contributed by atoms with Gasteiger partial charge in [-0.2, -0.15) is 18.4 Å². The fourth-order valence-electron chi connectivity index (χ4n) is 1.28. The van der Waals surface area contributed by atoms with Gasteiger partial charge in [0.25, 0.3) is 0 Å². The van der Waals surface area contributed by atoms with Crippen molar-refractivity contribution in [3.63, 3.8) is 0 Å². The van der Waals surface area contributed by atoms with Gasteiger partial charge < -0.3 is 4.74 Å². The fraction of sp³-hybridized carbons (Fsp3) is 0.273. The zero-order chi connectivity index (χ0) is 14.6. The van der Waals surface area contributed by atoms with Gasteiger partial charge in [0.05, 0.1) is 17.7 Å². The molecule has 0 heterocycles. The van der Waals surface area contributed by atoms with Crippen molar-refractivity contribution in [3.8, 4) is 6.07 Å². The molecule has 0 atom stereocenters. The van der Waals surface area contributed by atoms with Gasteiger partial charge in [0.2, 0.25) is 0 Å². The number of ether oxygens (including phenoxy) is 1. The summed E-state index contributed by atoms with van der Waals surface area (Å²) in [6.07, 6.45) is 0. The molecule has 0 saturated heterocycles. The Labute approximate surface area is 125 Å². The van der Waals surface area contributed by atoms with Crippen molar-refractivity contribution in [1.82, 2.24) is 0 Å². The number of nitriles is 1. The predicted molar refractivity (Wildman–Crippen MR) is 71.7 cm³/mol. The Kier molecular flexibility index (Phi) is 5.49. The van der Waals surface area contributed by atoms with Gasteiger partial charge in [-0.05, 0) is 53.4 Å². The lowest BCUT2D eigenvalue weighted by molar-refractivity contribution is -0.0328. The minimum absolute atomic E-state index is 0.0798. The Bertz CT molecular complexity index is 540. The molecule has 0 saturated carbocycles. The van der Waals surface area contributed by atoms with Crippen LogP contribution in [0.4, 0.5) is 13.2 Å². The summed E-state index contributed by atoms with van der Waals surface area (Å²) in [4.78, 5) is 11.4. The van der Waals surface area contributed by atoms with E-state index in [9.17, 15) is 18.0 Å². The molecule has 0 amide bonds. The van der Waals surface area contributed by atoms with Crippen LogP contribution in [-0.4, -0.2) is 18.1 Å². The Morgan fingerprint density at radius 2 is 2.16 bits per heavy atom. The van der Waals surface area contributed by atoms with Crippen LogP contribution in [-0.2, 0) is 4.74 Å². The van der Waals surface area contributed by atoms with Gasteiger partial charge in [0.15, 0.2) is 0 Å². The summed E-state index contributed by atoms with van der Waals surface area (Å²) < 4.78 is 42.2. The molecule has 0 aliphatic heterocycles. The molecule has 19 heavy (non-hydrogen) atoms. The fourth-order valence-corrected chi connectivity index (χ4v) is 2.59. The number of carbonyl (C=O) groups excluding carboxylic acids is 1. The zero-order valence-electron chi connectivity index (χ0n) is 9.55. The number of hydrogen-bond acceptors (Lipinski definition) is 4. The van der Waals surface area contributed by atoms with Crippen LogP contribution in [0.5, 0.6) is 0 Å². The molecule has 3 nitrogen and oxygen atoms in total. The van der Waals surface area contributed by atoms with E-state index in [0.717, 1.165) is 0 Å². The van der Waals surface area contributed by atoms with Crippen LogP contribution in [0.1, 0.15) is 22.8 Å². The SMILES string of the molecule is CCOC(=O)c1c(I)ccc(SC(F)(F)F)c1C#N. The molecule has 0 radical (unpaired) electrons. The minimum Gasteiger partial charge on any atom is -0.462 e. The van der Waals surface area contributed by atoms with Crippen molar-refractivity contribution >= 4 is 40.3 Å². The largest absolute Gasteiger partial charge is 0.462 e. The highest BCUT2D eigenvalue weighted by Gasteiger charge is 2.32. The molecular weight excluding hydrogens is 394 g/mol. The molecule has 102 valence electrons. The van der Waals surface area contributed by atoms with E-state index in [1.54, 1.807) is 35.6 Å². The van der Waals surface area contributed by atoms with Crippen LogP contribution in [0, 0.1) is 14.9 Å². The lowest BCUT2D eigenvalue weighted by atomic mass is 10.1. The number of rotatable bonds is 3. The van der Waals surface area contributed by atoms with Gasteiger partial charge in [-0.1, -0.05) is 0 Å². The van der Waals surface area contributed by atoms with E-state index < -0.39 is 23.2 Å². The van der Waals surface area contributed by atoms with Crippen LogP contribution in [0.15, 0.2) is 17.0 Å². The van der Waals surface area contributed by atoms with E-state index in [4.69, 9.17) is 10.00 Å². The monoisotopic (exact) mass is 401 g/mol. The van der Waals surface area contributed by atoms with E-state index in [1.165, 1.54) is 12.1 Å². The van der Waals surface area contributed by atoms with Crippen LogP contribution < -0.4 is 0 Å². The van der Waals surface area contributed by atoms with E-state index in [0.29, 0.717) is 3.57 Å². The molecule has 0 unspecified atom stereocenters. The number of nitrogens with zero attached hydrogens (tertiary/aromatic N) is 1. The zero-order valence-corrected chi connectivity index (χ0v) is 12.5. The first-order valence-electron chi connectivity index (χ1n) is 4.95. The van der Waals surface area contributed by atoms with E-state index in [-0.39, 0.29) is 22.6 Å². The first-order chi connectivity index (χ1) is 8.80. The molecule has 1 aromatic rings. The Balaban J connectivity index is 3.35. The molecular formula is C11H7F3INO2S. The summed E-state index contributed by atoms with van der Waals surface area (Å²) in [6, 6.07) is 4.16. The average molecular weight is 401 g/mol. The standard InChI is InChI=1S/C11H7F3INO2S/c1-2-18-10(17)9-6(5-16)8(4-3-7(9)15)19-11(12,13)14/h3-4H,2H2,1H3. The first-order valence-corrected chi connectivity index (χ1v) is 6.85. The lowest BCUT2D eigenvalue weighted by Gasteiger charge is -2.11. The molecule has 0 bridgehead atoms. The second kappa shape index (κ2) is 6.47. The van der Waals surface area contributed by atoms with Crippen molar-refractivity contribution in [2.24, 2.45) is 0 Å². The van der Waals surface area contributed by atoms with Crippen molar-refractivity contribution < 1.29 is 22.7 Å². The summed E-state index contributed by atoms with van der Waals surface area (Å²) in [5.41, 5.74) is -4.96. The third kappa shape index (κ3) is 4.28. The summed E-state index contributed by atoms with van der Waals surface area (Å²) in [6.45, 7) is 1.65. The third-order valence-electron chi connectivity index (χ3n) is 1.93. The maximum atomic E-state index is 12.4. The topological polar surface area (TPSA) is 50.1 Å². The van der Waals surface area contributed by atoms with Crippen molar-refractivity contribution in [2.45, 2.75) is 17.3 Å². The Hall–Kier alpha value is -0.950. The molecule has 0 N–H and O–H groups in total. The molecule has 0 fully saturated rings. The molecule has 0 spiro atoms. The highest BCUT2D eigenvalue weighted by molar-refractivity contribution is 14.1. The van der Waals surface area contributed by atoms with Crippen LogP contribution >= 0.6 is 34.4 Å². The van der Waals surface area contributed by atoms with Gasteiger partial charge >= 0.3 is 11.5 Å². The third-order valence-corrected chi connectivity index (χ3v) is 3.62. The number of carbonyl (C=O) groups is 1. The highest BCUT2D eigenvalue weighted by atomic mass is 127. The van der Waals surface area contributed by atoms with E-state index in [1.807, 2.05) is 0 Å². The number of alkyl halides is 3. The van der Waals surface area contributed by atoms with Gasteiger partial charge in [-0.3, -0.25) is 0 Å². The van der Waals surface area contributed by atoms with Gasteiger partial charge in [-0.25, -0.2) is 4.79 Å². The van der Waals surface area contributed by atoms with E-state index >= 15 is 0 Å². The second-order valence-corrected chi connectivity index (χ2v) is 5.44. The lowest BCUT2D eigenvalue weighted by Crippen LogP contribution is -2.11. The molecule has 1 rings (SSSR count). The predicted octanol–water partition coefficient (Wildman–Crippen LogP) is 3.95. The quantitative estimate of drug-likeness (QED) is 0.437. The number of benzene rings is 1. The van der Waals surface area contributed by atoms with Crippen LogP contribution in [0.25, 0.3) is 0 Å². The van der Waals surface area contributed by atoms with Gasteiger partial charge in [0.1, 0.15) is 6.07 Å². The number of halogens is 4. The highest BCUT2D eigenvalue weighted by Crippen LogP contribution is 2.40. The maximum Gasteiger partial charge on any atom is 0.446 e. The second-order valence-electron chi connectivity index (χ2n) is 3.18. The van der Waals surface area contributed by atoms with Gasteiger partial charge in [-0.15, -0.1) is 0 Å². The molecule has 1 aromatic carbocycles. The smallest absolute Gasteiger partial charge is 0.446 e. The van der Waals surface area contributed by atoms with Crippen molar-refractivity contribution in [2.75, 3.05) is 6.61 Å². The van der Waals surface area contributed by atoms with Crippen molar-refractivity contribution in [3.05, 3.63) is 26.8 Å². The normalized spacial score (nSPS) is 10.9. The molecule has 0 aliphatic rings. The Morgan fingerprint density at radius 3 is 2.63 bits per heavy atom. The summed E-state index contributed by atoms with van der Waals surface area (Å²) in [5.74, 6) is -0.798. The minimum atomic E-state index is -4.52. The number of hydrogen-bond donors (Lipinski definition) is 0. The van der Waals surface area contributed by atoms with E-state index in [2.05, 4.69) is 0 Å². The summed E-state index contributed by atoms with van der Waals surface area (Å²) in [7, 11) is 0. The molecule has 0 aliphatic carbocycles. The average Bonchev–Trinajstić information content (AvgIpc) is 2.29. The summed E-state index contributed by atoms with van der Waals surface area (Å²) in [5, 5.41) is 9.00. The first kappa shape index (κ1) is 16.1. The number of thioether (sulfide) groups is 1. The molecule has 0 aromatic heterocycles. The Morgan fingerprint density at radius 1 is 1.53 bits per heavy atom. The van der Waals surface area contributed by atoms with Crippen LogP contribution in [0.2, 0.25) is 0 Å². The van der Waals surface area contributed by atoms with Crippen LogP contribution in [0.3, 0.4) is 0 Å². The summed E-state index contributed by atoms with van der Waals surface area (Å²) >= 11 is 1.35. The molecule has 8 heteroatoms.